The number of carbonyl (C=O) groups excluding carboxylic acids is 1. The maximum absolute atomic E-state index is 12.6. The highest BCUT2D eigenvalue weighted by molar-refractivity contribution is 5.93. The van der Waals surface area contributed by atoms with Crippen molar-refractivity contribution in [3.8, 4) is 0 Å². The van der Waals surface area contributed by atoms with Crippen molar-refractivity contribution in [2.75, 3.05) is 20.3 Å². The predicted molar refractivity (Wildman–Crippen MR) is 81.4 cm³/mol. The van der Waals surface area contributed by atoms with E-state index < -0.39 is 5.54 Å². The summed E-state index contributed by atoms with van der Waals surface area (Å²) in [7, 11) is 1.60. The molecule has 1 fully saturated rings. The smallest absolute Gasteiger partial charge is 0.268 e. The molecule has 1 aromatic rings. The molecule has 2 N–H and O–H groups in total. The minimum absolute atomic E-state index is 0.0176. The van der Waals surface area contributed by atoms with Crippen LogP contribution in [0.5, 0.6) is 0 Å². The summed E-state index contributed by atoms with van der Waals surface area (Å²) in [4.78, 5) is 12.6. The van der Waals surface area contributed by atoms with Crippen molar-refractivity contribution >= 4 is 5.91 Å². The zero-order valence-electron chi connectivity index (χ0n) is 13.0. The third-order valence-corrected chi connectivity index (χ3v) is 4.27. The summed E-state index contributed by atoms with van der Waals surface area (Å²) >= 11 is 0. The van der Waals surface area contributed by atoms with Gasteiger partial charge < -0.3 is 19.7 Å². The summed E-state index contributed by atoms with van der Waals surface area (Å²) in [5, 5.41) is 12.2. The van der Waals surface area contributed by atoms with Crippen LogP contribution in [0, 0.1) is 0 Å². The van der Waals surface area contributed by atoms with Crippen molar-refractivity contribution in [1.29, 1.82) is 0 Å². The number of amides is 1. The first-order valence-electron chi connectivity index (χ1n) is 7.69. The zero-order chi connectivity index (χ0) is 15.3. The number of aliphatic hydroxyl groups is 1. The van der Waals surface area contributed by atoms with Crippen LogP contribution in [-0.4, -0.2) is 41.4 Å². The first-order valence-corrected chi connectivity index (χ1v) is 7.69. The number of nitrogens with one attached hydrogen (secondary N) is 1. The molecule has 21 heavy (non-hydrogen) atoms. The maximum Gasteiger partial charge on any atom is 0.268 e. The molecule has 0 bridgehead atoms. The number of hydrogen-bond donors (Lipinski definition) is 2. The summed E-state index contributed by atoms with van der Waals surface area (Å²) in [6, 6.07) is 4.22. The molecule has 118 valence electrons. The number of hydrogen-bond acceptors (Lipinski definition) is 3. The summed E-state index contributed by atoms with van der Waals surface area (Å²) in [5.41, 5.74) is 0.146. The van der Waals surface area contributed by atoms with E-state index in [-0.39, 0.29) is 12.5 Å². The van der Waals surface area contributed by atoms with E-state index in [1.165, 1.54) is 12.8 Å². The van der Waals surface area contributed by atoms with Crippen LogP contribution < -0.4 is 5.32 Å². The minimum atomic E-state index is -0.550. The van der Waals surface area contributed by atoms with Gasteiger partial charge in [-0.25, -0.2) is 0 Å². The third-order valence-electron chi connectivity index (χ3n) is 4.27. The number of methoxy groups -OCH3 is 1. The summed E-state index contributed by atoms with van der Waals surface area (Å²) in [6.45, 7) is 2.29. The maximum atomic E-state index is 12.6. The van der Waals surface area contributed by atoms with Gasteiger partial charge in [0.1, 0.15) is 5.69 Å². The van der Waals surface area contributed by atoms with E-state index in [9.17, 15) is 9.90 Å². The van der Waals surface area contributed by atoms with E-state index in [2.05, 4.69) is 9.88 Å². The van der Waals surface area contributed by atoms with Gasteiger partial charge in [0, 0.05) is 26.0 Å². The van der Waals surface area contributed by atoms with Gasteiger partial charge in [-0.3, -0.25) is 4.79 Å². The molecular formula is C16H26N2O3. The lowest BCUT2D eigenvalue weighted by molar-refractivity contribution is 0.0716. The Morgan fingerprint density at radius 1 is 1.52 bits per heavy atom. The fraction of sp³-hybridized carbons (Fsp3) is 0.688. The number of ether oxygens (including phenoxy) is 1. The molecule has 1 atom stereocenters. The van der Waals surface area contributed by atoms with Gasteiger partial charge in [-0.05, 0) is 38.3 Å². The molecule has 0 saturated heterocycles. The van der Waals surface area contributed by atoms with E-state index in [0.29, 0.717) is 24.8 Å². The van der Waals surface area contributed by atoms with Gasteiger partial charge in [0.25, 0.3) is 5.91 Å². The largest absolute Gasteiger partial charge is 0.396 e. The van der Waals surface area contributed by atoms with Crippen molar-refractivity contribution in [3.05, 3.63) is 24.0 Å². The SMILES string of the molecule is COCC(C)(CCO)NC(=O)c1cccn1C1CCCC1. The summed E-state index contributed by atoms with van der Waals surface area (Å²) < 4.78 is 7.27. The summed E-state index contributed by atoms with van der Waals surface area (Å²) in [6.07, 6.45) is 7.20. The molecule has 1 aliphatic carbocycles. The molecule has 2 rings (SSSR count). The van der Waals surface area contributed by atoms with Crippen LogP contribution in [0.15, 0.2) is 18.3 Å². The van der Waals surface area contributed by atoms with E-state index in [1.54, 1.807) is 7.11 Å². The number of rotatable bonds is 7. The number of aromatic nitrogens is 1. The van der Waals surface area contributed by atoms with Gasteiger partial charge >= 0.3 is 0 Å². The normalized spacial score (nSPS) is 18.6. The molecule has 5 heteroatoms. The van der Waals surface area contributed by atoms with Crippen molar-refractivity contribution in [1.82, 2.24) is 9.88 Å². The molecule has 1 heterocycles. The molecule has 1 amide bonds. The van der Waals surface area contributed by atoms with Gasteiger partial charge in [-0.1, -0.05) is 12.8 Å². The molecule has 0 spiro atoms. The Morgan fingerprint density at radius 2 is 2.24 bits per heavy atom. The lowest BCUT2D eigenvalue weighted by Crippen LogP contribution is -2.50. The molecule has 1 unspecified atom stereocenters. The van der Waals surface area contributed by atoms with Gasteiger partial charge in [0.2, 0.25) is 0 Å². The van der Waals surface area contributed by atoms with E-state index in [1.807, 2.05) is 25.3 Å². The number of aliphatic hydroxyl groups excluding tert-OH is 1. The van der Waals surface area contributed by atoms with Crippen LogP contribution in [0.3, 0.4) is 0 Å². The number of nitrogens with zero attached hydrogens (tertiary/aromatic N) is 1. The molecule has 0 aliphatic heterocycles. The van der Waals surface area contributed by atoms with Crippen LogP contribution in [0.2, 0.25) is 0 Å². The van der Waals surface area contributed by atoms with Crippen molar-refractivity contribution < 1.29 is 14.6 Å². The third kappa shape index (κ3) is 3.86. The van der Waals surface area contributed by atoms with Gasteiger partial charge in [0.15, 0.2) is 0 Å². The predicted octanol–water partition coefficient (Wildman–Crippen LogP) is 2.12. The monoisotopic (exact) mass is 294 g/mol. The van der Waals surface area contributed by atoms with E-state index in [4.69, 9.17) is 4.74 Å². The highest BCUT2D eigenvalue weighted by Crippen LogP contribution is 2.30. The average Bonchev–Trinajstić information content (AvgIpc) is 3.10. The van der Waals surface area contributed by atoms with Crippen molar-refractivity contribution in [3.63, 3.8) is 0 Å². The summed E-state index contributed by atoms with van der Waals surface area (Å²) in [5.74, 6) is -0.0973. The Morgan fingerprint density at radius 3 is 2.86 bits per heavy atom. The van der Waals surface area contributed by atoms with Crippen molar-refractivity contribution in [2.24, 2.45) is 0 Å². The van der Waals surface area contributed by atoms with Gasteiger partial charge in [-0.2, -0.15) is 0 Å². The highest BCUT2D eigenvalue weighted by atomic mass is 16.5. The zero-order valence-corrected chi connectivity index (χ0v) is 13.0. The molecular weight excluding hydrogens is 268 g/mol. The molecule has 1 aromatic heterocycles. The Hall–Kier alpha value is -1.33. The van der Waals surface area contributed by atoms with Crippen LogP contribution in [0.4, 0.5) is 0 Å². The second kappa shape index (κ2) is 7.09. The van der Waals surface area contributed by atoms with E-state index in [0.717, 1.165) is 12.8 Å². The molecule has 1 saturated carbocycles. The van der Waals surface area contributed by atoms with Crippen LogP contribution >= 0.6 is 0 Å². The Kier molecular flexibility index (Phi) is 5.42. The van der Waals surface area contributed by atoms with E-state index >= 15 is 0 Å². The molecule has 5 nitrogen and oxygen atoms in total. The molecule has 1 aliphatic rings. The van der Waals surface area contributed by atoms with Crippen LogP contribution in [0.25, 0.3) is 0 Å². The second-order valence-corrected chi connectivity index (χ2v) is 6.16. The molecule has 0 aromatic carbocycles. The standard InChI is InChI=1S/C16H26N2O3/c1-16(9-11-19,12-21-2)17-15(20)14-8-5-10-18(14)13-6-3-4-7-13/h5,8,10,13,19H,3-4,6-7,9,11-12H2,1-2H3,(H,17,20). The first-order chi connectivity index (χ1) is 10.1. The lowest BCUT2D eigenvalue weighted by atomic mass is 9.99. The van der Waals surface area contributed by atoms with Crippen LogP contribution in [0.1, 0.15) is 55.6 Å². The quantitative estimate of drug-likeness (QED) is 0.809. The first kappa shape index (κ1) is 16.0. The number of carbonyl (C=O) groups is 1. The Labute approximate surface area is 126 Å². The van der Waals surface area contributed by atoms with Gasteiger partial charge in [-0.15, -0.1) is 0 Å². The topological polar surface area (TPSA) is 63.5 Å². The van der Waals surface area contributed by atoms with Gasteiger partial charge in [0.05, 0.1) is 12.1 Å². The van der Waals surface area contributed by atoms with Crippen molar-refractivity contribution in [2.45, 2.75) is 50.6 Å². The molecule has 0 radical (unpaired) electrons. The average molecular weight is 294 g/mol. The fourth-order valence-electron chi connectivity index (χ4n) is 3.16. The fourth-order valence-corrected chi connectivity index (χ4v) is 3.16. The second-order valence-electron chi connectivity index (χ2n) is 6.16. The Balaban J connectivity index is 2.10. The minimum Gasteiger partial charge on any atom is -0.396 e. The lowest BCUT2D eigenvalue weighted by Gasteiger charge is -2.30. The van der Waals surface area contributed by atoms with Crippen LogP contribution in [-0.2, 0) is 4.74 Å². The highest BCUT2D eigenvalue weighted by Gasteiger charge is 2.28. The Bertz CT molecular complexity index is 458.